The molecule has 0 fully saturated rings. The highest BCUT2D eigenvalue weighted by Crippen LogP contribution is 2.26. The lowest BCUT2D eigenvalue weighted by atomic mass is 10.2. The third kappa shape index (κ3) is 3.43. The highest BCUT2D eigenvalue weighted by molar-refractivity contribution is 6.42. The normalized spacial score (nSPS) is 9.44. The number of aromatic nitrogens is 1. The van der Waals surface area contributed by atoms with Crippen LogP contribution in [0.25, 0.3) is 10.9 Å². The number of rotatable bonds is 2. The minimum Gasteiger partial charge on any atom is -0.468 e. The Labute approximate surface area is 103 Å². The largest absolute Gasteiger partial charge is 0.468 e. The number of hydrogen-bond donors (Lipinski definition) is 1. The van der Waals surface area contributed by atoms with Gasteiger partial charge in [-0.3, -0.25) is 4.79 Å². The van der Waals surface area contributed by atoms with Gasteiger partial charge in [0.05, 0.1) is 16.7 Å². The van der Waals surface area contributed by atoms with Crippen LogP contribution >= 0.6 is 23.2 Å². The SMILES string of the molecule is CCOC=O.Clc1cc2cc[nH]c2cc1Cl. The van der Waals surface area contributed by atoms with Gasteiger partial charge >= 0.3 is 0 Å². The van der Waals surface area contributed by atoms with Gasteiger partial charge in [0.2, 0.25) is 0 Å². The zero-order valence-corrected chi connectivity index (χ0v) is 10.2. The van der Waals surface area contributed by atoms with Crippen LogP contribution in [0.5, 0.6) is 0 Å². The Bertz CT molecular complexity index is 432. The molecule has 0 aliphatic rings. The first kappa shape index (κ1) is 12.9. The number of nitrogens with one attached hydrogen (secondary N) is 1. The van der Waals surface area contributed by atoms with E-state index in [4.69, 9.17) is 23.2 Å². The standard InChI is InChI=1S/C8H5Cl2N.C3H6O2/c9-6-3-5-1-2-11-8(5)4-7(6)10;1-2-5-3-4/h1-4,11H;3H,2H2,1H3. The van der Waals surface area contributed by atoms with E-state index in [1.165, 1.54) is 0 Å². The van der Waals surface area contributed by atoms with Crippen LogP contribution in [0.4, 0.5) is 0 Å². The van der Waals surface area contributed by atoms with Gasteiger partial charge in [-0.1, -0.05) is 23.2 Å². The van der Waals surface area contributed by atoms with Crippen LogP contribution < -0.4 is 0 Å². The second-order valence-electron chi connectivity index (χ2n) is 2.88. The van der Waals surface area contributed by atoms with E-state index in [9.17, 15) is 4.79 Å². The number of benzene rings is 1. The predicted octanol–water partition coefficient (Wildman–Crippen LogP) is 3.65. The fourth-order valence-corrected chi connectivity index (χ4v) is 1.45. The smallest absolute Gasteiger partial charge is 0.293 e. The second-order valence-corrected chi connectivity index (χ2v) is 3.70. The van der Waals surface area contributed by atoms with Crippen LogP contribution in [0.1, 0.15) is 6.92 Å². The van der Waals surface area contributed by atoms with Crippen LogP contribution in [0.3, 0.4) is 0 Å². The summed E-state index contributed by atoms with van der Waals surface area (Å²) in [5.41, 5.74) is 1.01. The van der Waals surface area contributed by atoms with Crippen LogP contribution in [-0.2, 0) is 9.53 Å². The Morgan fingerprint density at radius 2 is 2.06 bits per heavy atom. The number of carbonyl (C=O) groups excluding carboxylic acids is 1. The molecular weight excluding hydrogens is 249 g/mol. The first-order valence-electron chi connectivity index (χ1n) is 4.66. The molecule has 86 valence electrons. The van der Waals surface area contributed by atoms with Crippen LogP contribution in [0.2, 0.25) is 10.0 Å². The average Bonchev–Trinajstić information content (AvgIpc) is 2.68. The summed E-state index contributed by atoms with van der Waals surface area (Å²) >= 11 is 11.6. The molecule has 0 amide bonds. The molecule has 0 radical (unpaired) electrons. The summed E-state index contributed by atoms with van der Waals surface area (Å²) < 4.78 is 4.15. The molecule has 0 aliphatic heterocycles. The molecule has 2 aromatic rings. The Morgan fingerprint density at radius 1 is 1.38 bits per heavy atom. The number of aromatic amines is 1. The van der Waals surface area contributed by atoms with Crippen molar-refractivity contribution in [3.05, 3.63) is 34.4 Å². The number of halogens is 2. The molecule has 2 rings (SSSR count). The topological polar surface area (TPSA) is 42.1 Å². The van der Waals surface area contributed by atoms with Crippen molar-refractivity contribution in [2.45, 2.75) is 6.92 Å². The maximum atomic E-state index is 9.18. The molecule has 1 aromatic heterocycles. The van der Waals surface area contributed by atoms with E-state index < -0.39 is 0 Å². The van der Waals surface area contributed by atoms with Crippen molar-refractivity contribution >= 4 is 40.6 Å². The average molecular weight is 260 g/mol. The fraction of sp³-hybridized carbons (Fsp3) is 0.182. The van der Waals surface area contributed by atoms with Gasteiger partial charge in [0.25, 0.3) is 6.47 Å². The van der Waals surface area contributed by atoms with Crippen molar-refractivity contribution in [3.63, 3.8) is 0 Å². The first-order chi connectivity index (χ1) is 7.69. The second kappa shape index (κ2) is 6.40. The first-order valence-corrected chi connectivity index (χ1v) is 5.42. The molecule has 0 saturated carbocycles. The molecule has 0 unspecified atom stereocenters. The summed E-state index contributed by atoms with van der Waals surface area (Å²) in [4.78, 5) is 12.2. The van der Waals surface area contributed by atoms with Gasteiger partial charge in [-0.15, -0.1) is 0 Å². The van der Waals surface area contributed by atoms with Crippen molar-refractivity contribution in [1.82, 2.24) is 4.98 Å². The number of hydrogen-bond acceptors (Lipinski definition) is 2. The van der Waals surface area contributed by atoms with Gasteiger partial charge in [-0.25, -0.2) is 0 Å². The van der Waals surface area contributed by atoms with E-state index in [1.54, 1.807) is 6.92 Å². The summed E-state index contributed by atoms with van der Waals surface area (Å²) in [5.74, 6) is 0. The van der Waals surface area contributed by atoms with Crippen molar-refractivity contribution in [3.8, 4) is 0 Å². The molecule has 1 N–H and O–H groups in total. The van der Waals surface area contributed by atoms with E-state index in [1.807, 2.05) is 24.4 Å². The molecule has 1 aromatic carbocycles. The summed E-state index contributed by atoms with van der Waals surface area (Å²) in [6.45, 7) is 2.66. The number of carbonyl (C=O) groups is 1. The lowest BCUT2D eigenvalue weighted by molar-refractivity contribution is -0.128. The van der Waals surface area contributed by atoms with Gasteiger partial charge in [0.15, 0.2) is 0 Å². The van der Waals surface area contributed by atoms with Crippen LogP contribution in [-0.4, -0.2) is 18.1 Å². The zero-order chi connectivity index (χ0) is 12.0. The molecule has 0 atom stereocenters. The summed E-state index contributed by atoms with van der Waals surface area (Å²) in [7, 11) is 0. The Morgan fingerprint density at radius 3 is 2.62 bits per heavy atom. The number of fused-ring (bicyclic) bond motifs is 1. The van der Waals surface area contributed by atoms with Gasteiger partial charge in [0, 0.05) is 17.1 Å². The molecule has 3 nitrogen and oxygen atoms in total. The highest BCUT2D eigenvalue weighted by Gasteiger charge is 1.99. The quantitative estimate of drug-likeness (QED) is 0.837. The Kier molecular flexibility index (Phi) is 5.15. The lowest BCUT2D eigenvalue weighted by Gasteiger charge is -1.94. The minimum atomic E-state index is 0.431. The van der Waals surface area contributed by atoms with E-state index in [2.05, 4.69) is 9.72 Å². The molecule has 0 spiro atoms. The molecule has 16 heavy (non-hydrogen) atoms. The zero-order valence-electron chi connectivity index (χ0n) is 8.67. The number of H-pyrrole nitrogens is 1. The Balaban J connectivity index is 0.000000221. The molecule has 1 heterocycles. The molecule has 5 heteroatoms. The van der Waals surface area contributed by atoms with E-state index >= 15 is 0 Å². The summed E-state index contributed by atoms with van der Waals surface area (Å²) in [6, 6.07) is 5.62. The summed E-state index contributed by atoms with van der Waals surface area (Å²) in [5, 5.41) is 2.26. The highest BCUT2D eigenvalue weighted by atomic mass is 35.5. The molecular formula is C11H11Cl2NO2. The van der Waals surface area contributed by atoms with Gasteiger partial charge in [0.1, 0.15) is 0 Å². The van der Waals surface area contributed by atoms with E-state index in [0.29, 0.717) is 23.1 Å². The maximum absolute atomic E-state index is 9.18. The number of ether oxygens (including phenoxy) is 1. The van der Waals surface area contributed by atoms with Crippen molar-refractivity contribution < 1.29 is 9.53 Å². The fourth-order valence-electron chi connectivity index (χ4n) is 1.11. The predicted molar refractivity (Wildman–Crippen MR) is 66.0 cm³/mol. The summed E-state index contributed by atoms with van der Waals surface area (Å²) in [6.07, 6.45) is 1.86. The van der Waals surface area contributed by atoms with Crippen molar-refractivity contribution in [2.75, 3.05) is 6.61 Å². The maximum Gasteiger partial charge on any atom is 0.293 e. The third-order valence-electron chi connectivity index (χ3n) is 1.83. The molecule has 0 saturated heterocycles. The van der Waals surface area contributed by atoms with Crippen LogP contribution in [0.15, 0.2) is 24.4 Å². The van der Waals surface area contributed by atoms with Crippen molar-refractivity contribution in [2.24, 2.45) is 0 Å². The van der Waals surface area contributed by atoms with Gasteiger partial charge in [-0.2, -0.15) is 0 Å². The minimum absolute atomic E-state index is 0.431. The third-order valence-corrected chi connectivity index (χ3v) is 2.55. The van der Waals surface area contributed by atoms with Gasteiger partial charge in [-0.05, 0) is 25.1 Å². The van der Waals surface area contributed by atoms with Crippen molar-refractivity contribution in [1.29, 1.82) is 0 Å². The van der Waals surface area contributed by atoms with Crippen LogP contribution in [0, 0.1) is 0 Å². The lowest BCUT2D eigenvalue weighted by Crippen LogP contribution is -1.80. The molecule has 0 aliphatic carbocycles. The Hall–Kier alpha value is -1.19. The van der Waals surface area contributed by atoms with E-state index in [-0.39, 0.29) is 0 Å². The van der Waals surface area contributed by atoms with Gasteiger partial charge < -0.3 is 9.72 Å². The van der Waals surface area contributed by atoms with E-state index in [0.717, 1.165) is 10.9 Å². The monoisotopic (exact) mass is 259 g/mol. The molecule has 0 bridgehead atoms.